The number of carbonyl (C=O) groups is 1. The first-order valence-corrected chi connectivity index (χ1v) is 3.89. The maximum absolute atomic E-state index is 10.3. The molecule has 0 aliphatic carbocycles. The Kier molecular flexibility index (Phi) is 3.02. The summed E-state index contributed by atoms with van der Waals surface area (Å²) in [5.41, 5.74) is -0.0389. The standard InChI is InChI=1S/C9H7NO5/c11-8-5-6(2-4-9(12)13)1-3-7(8)10(14)15/h1-5,11H,(H,12,13)/b4-2+. The minimum Gasteiger partial charge on any atom is -0.502 e. The number of nitro benzene ring substituents is 1. The first-order chi connectivity index (χ1) is 7.00. The third kappa shape index (κ3) is 2.80. The molecule has 6 nitrogen and oxygen atoms in total. The highest BCUT2D eigenvalue weighted by atomic mass is 16.6. The van der Waals surface area contributed by atoms with Crippen LogP contribution in [0.3, 0.4) is 0 Å². The third-order valence-corrected chi connectivity index (χ3v) is 1.61. The zero-order chi connectivity index (χ0) is 11.4. The molecule has 0 amide bonds. The molecule has 78 valence electrons. The second-order valence-corrected chi connectivity index (χ2v) is 2.68. The number of nitro groups is 1. The van der Waals surface area contributed by atoms with Gasteiger partial charge >= 0.3 is 11.7 Å². The van der Waals surface area contributed by atoms with Gasteiger partial charge in [0.15, 0.2) is 5.75 Å². The summed E-state index contributed by atoms with van der Waals surface area (Å²) in [5, 5.41) is 27.9. The number of carboxylic acids is 1. The molecule has 1 aromatic rings. The molecule has 0 aliphatic heterocycles. The van der Waals surface area contributed by atoms with Crippen molar-refractivity contribution in [2.75, 3.05) is 0 Å². The molecule has 2 N–H and O–H groups in total. The fraction of sp³-hybridized carbons (Fsp3) is 0. The lowest BCUT2D eigenvalue weighted by Gasteiger charge is -1.96. The van der Waals surface area contributed by atoms with Crippen molar-refractivity contribution < 1.29 is 19.9 Å². The van der Waals surface area contributed by atoms with Crippen molar-refractivity contribution in [2.45, 2.75) is 0 Å². The van der Waals surface area contributed by atoms with Crippen LogP contribution in [0.15, 0.2) is 24.3 Å². The largest absolute Gasteiger partial charge is 0.502 e. The van der Waals surface area contributed by atoms with Crippen LogP contribution in [0.25, 0.3) is 6.08 Å². The van der Waals surface area contributed by atoms with Gasteiger partial charge in [-0.1, -0.05) is 0 Å². The summed E-state index contributed by atoms with van der Waals surface area (Å²) in [7, 11) is 0. The molecule has 6 heteroatoms. The Hall–Kier alpha value is -2.37. The molecule has 1 rings (SSSR count). The molecule has 0 spiro atoms. The van der Waals surface area contributed by atoms with Gasteiger partial charge in [0.1, 0.15) is 0 Å². The molecule has 1 aromatic carbocycles. The van der Waals surface area contributed by atoms with Crippen LogP contribution in [0, 0.1) is 10.1 Å². The molecule has 0 unspecified atom stereocenters. The van der Waals surface area contributed by atoms with Crippen molar-refractivity contribution in [2.24, 2.45) is 0 Å². The van der Waals surface area contributed by atoms with Crippen molar-refractivity contribution >= 4 is 17.7 Å². The second-order valence-electron chi connectivity index (χ2n) is 2.68. The summed E-state index contributed by atoms with van der Waals surface area (Å²) in [4.78, 5) is 19.8. The van der Waals surface area contributed by atoms with Gasteiger partial charge in [0.25, 0.3) is 0 Å². The van der Waals surface area contributed by atoms with E-state index in [1.165, 1.54) is 12.1 Å². The SMILES string of the molecule is O=C(O)/C=C/c1ccc([N+](=O)[O-])c(O)c1. The molecule has 0 heterocycles. The van der Waals surface area contributed by atoms with Crippen LogP contribution in [0.5, 0.6) is 5.75 Å². The number of hydrogen-bond donors (Lipinski definition) is 2. The van der Waals surface area contributed by atoms with Crippen LogP contribution >= 0.6 is 0 Å². The van der Waals surface area contributed by atoms with E-state index < -0.39 is 22.3 Å². The number of benzene rings is 1. The molecular weight excluding hydrogens is 202 g/mol. The lowest BCUT2D eigenvalue weighted by molar-refractivity contribution is -0.385. The van der Waals surface area contributed by atoms with Gasteiger partial charge < -0.3 is 10.2 Å². The van der Waals surface area contributed by atoms with Gasteiger partial charge in [0.05, 0.1) is 4.92 Å². The number of aromatic hydroxyl groups is 1. The van der Waals surface area contributed by atoms with Crippen LogP contribution in [0.4, 0.5) is 5.69 Å². The van der Waals surface area contributed by atoms with Crippen LogP contribution in [-0.2, 0) is 4.79 Å². The predicted octanol–water partition coefficient (Wildman–Crippen LogP) is 1.40. The maximum Gasteiger partial charge on any atom is 0.328 e. The Morgan fingerprint density at radius 3 is 2.60 bits per heavy atom. The lowest BCUT2D eigenvalue weighted by atomic mass is 10.2. The highest BCUT2D eigenvalue weighted by Gasteiger charge is 2.11. The maximum atomic E-state index is 10.3. The van der Waals surface area contributed by atoms with Gasteiger partial charge in [0.2, 0.25) is 0 Å². The number of rotatable bonds is 3. The van der Waals surface area contributed by atoms with Gasteiger partial charge in [-0.2, -0.15) is 0 Å². The summed E-state index contributed by atoms with van der Waals surface area (Å²) >= 11 is 0. The monoisotopic (exact) mass is 209 g/mol. The van der Waals surface area contributed by atoms with Crippen molar-refractivity contribution in [1.82, 2.24) is 0 Å². The summed E-state index contributed by atoms with van der Waals surface area (Å²) in [6.07, 6.45) is 2.10. The van der Waals surface area contributed by atoms with E-state index in [9.17, 15) is 20.0 Å². The fourth-order valence-electron chi connectivity index (χ4n) is 0.966. The number of hydrogen-bond acceptors (Lipinski definition) is 4. The van der Waals surface area contributed by atoms with E-state index in [4.69, 9.17) is 5.11 Å². The van der Waals surface area contributed by atoms with E-state index in [1.807, 2.05) is 0 Å². The highest BCUT2D eigenvalue weighted by Crippen LogP contribution is 2.26. The summed E-state index contributed by atoms with van der Waals surface area (Å²) in [5.74, 6) is -1.62. The first kappa shape index (κ1) is 10.7. The Morgan fingerprint density at radius 1 is 1.47 bits per heavy atom. The predicted molar refractivity (Wildman–Crippen MR) is 51.4 cm³/mol. The van der Waals surface area contributed by atoms with Crippen LogP contribution in [-0.4, -0.2) is 21.1 Å². The molecule has 0 saturated carbocycles. The van der Waals surface area contributed by atoms with E-state index in [1.54, 1.807) is 0 Å². The second kappa shape index (κ2) is 4.23. The number of aliphatic carboxylic acids is 1. The van der Waals surface area contributed by atoms with Crippen molar-refractivity contribution in [3.8, 4) is 5.75 Å². The van der Waals surface area contributed by atoms with E-state index in [0.717, 1.165) is 18.2 Å². The quantitative estimate of drug-likeness (QED) is 0.445. The van der Waals surface area contributed by atoms with Crippen LogP contribution in [0.2, 0.25) is 0 Å². The van der Waals surface area contributed by atoms with Gasteiger partial charge in [-0.15, -0.1) is 0 Å². The Labute approximate surface area is 84.2 Å². The zero-order valence-electron chi connectivity index (χ0n) is 7.45. The topological polar surface area (TPSA) is 101 Å². The Balaban J connectivity index is 3.01. The number of nitrogens with zero attached hydrogens (tertiary/aromatic N) is 1. The summed E-state index contributed by atoms with van der Waals surface area (Å²) < 4.78 is 0. The summed E-state index contributed by atoms with van der Waals surface area (Å²) in [6, 6.07) is 3.58. The zero-order valence-corrected chi connectivity index (χ0v) is 7.45. The minimum absolute atomic E-state index is 0.375. The van der Waals surface area contributed by atoms with Crippen molar-refractivity contribution in [3.63, 3.8) is 0 Å². The molecule has 0 fully saturated rings. The molecule has 0 radical (unpaired) electrons. The van der Waals surface area contributed by atoms with Crippen molar-refractivity contribution in [3.05, 3.63) is 40.0 Å². The average molecular weight is 209 g/mol. The van der Waals surface area contributed by atoms with E-state index in [2.05, 4.69) is 0 Å². The lowest BCUT2D eigenvalue weighted by Crippen LogP contribution is -1.89. The normalized spacial score (nSPS) is 10.4. The van der Waals surface area contributed by atoms with Crippen LogP contribution < -0.4 is 0 Å². The summed E-state index contributed by atoms with van der Waals surface area (Å²) in [6.45, 7) is 0. The molecule has 0 aliphatic rings. The van der Waals surface area contributed by atoms with Gasteiger partial charge in [-0.05, 0) is 23.8 Å². The number of phenolic OH excluding ortho intramolecular Hbond substituents is 1. The Morgan fingerprint density at radius 2 is 2.13 bits per heavy atom. The average Bonchev–Trinajstić information content (AvgIpc) is 2.14. The molecule has 0 bridgehead atoms. The van der Waals surface area contributed by atoms with Crippen molar-refractivity contribution in [1.29, 1.82) is 0 Å². The number of carboxylic acid groups (broad SMARTS) is 1. The molecular formula is C9H7NO5. The fourth-order valence-corrected chi connectivity index (χ4v) is 0.966. The van der Waals surface area contributed by atoms with E-state index in [0.29, 0.717) is 5.56 Å². The minimum atomic E-state index is -1.13. The third-order valence-electron chi connectivity index (χ3n) is 1.61. The van der Waals surface area contributed by atoms with Gasteiger partial charge in [0, 0.05) is 12.1 Å². The van der Waals surface area contributed by atoms with Crippen LogP contribution in [0.1, 0.15) is 5.56 Å². The molecule has 0 atom stereocenters. The van der Waals surface area contributed by atoms with E-state index in [-0.39, 0.29) is 0 Å². The molecule has 0 saturated heterocycles. The highest BCUT2D eigenvalue weighted by molar-refractivity contribution is 5.85. The van der Waals surface area contributed by atoms with E-state index >= 15 is 0 Å². The molecule has 15 heavy (non-hydrogen) atoms. The van der Waals surface area contributed by atoms with Gasteiger partial charge in [-0.3, -0.25) is 10.1 Å². The number of phenols is 1. The first-order valence-electron chi connectivity index (χ1n) is 3.89. The van der Waals surface area contributed by atoms with Gasteiger partial charge in [-0.25, -0.2) is 4.79 Å². The smallest absolute Gasteiger partial charge is 0.328 e. The molecule has 0 aromatic heterocycles. The Bertz CT molecular complexity index is 438.